The van der Waals surface area contributed by atoms with Crippen LogP contribution in [0.5, 0.6) is 0 Å². The standard InChI is InChI=1S/C23H22ClF6N5O6S/c24-16-6-4-13(5-7-16)20-33-35(21(38)34(20)11-18(36)23(28,29)30)12-19(37)32-17(8-9-41-42(31,39)40)14-2-1-3-15(10-14)22(25,26)27/h1-7,10,17-18,36H,8-9,11-12H2,(H,32,37)(H2,31,39,40)/t17?,18-/m0/s1. The number of amides is 1. The Balaban J connectivity index is 1.93. The van der Waals surface area contributed by atoms with Crippen LogP contribution in [0, 0.1) is 0 Å². The van der Waals surface area contributed by atoms with E-state index < -0.39 is 71.7 Å². The molecule has 0 aliphatic rings. The molecule has 230 valence electrons. The number of aromatic nitrogens is 3. The SMILES string of the molecule is NS(=O)(=O)OCCC(NC(=O)Cn1nc(-c2ccc(Cl)cc2)n(C[C@H](O)C(F)(F)F)c1=O)c1cccc(C(F)(F)F)c1. The predicted octanol–water partition coefficient (Wildman–Crippen LogP) is 2.77. The van der Waals surface area contributed by atoms with Crippen LogP contribution in [0.15, 0.2) is 53.3 Å². The number of aliphatic hydroxyl groups is 1. The number of halogens is 7. The number of benzene rings is 2. The number of carbonyl (C=O) groups is 1. The molecule has 0 spiro atoms. The molecule has 0 saturated carbocycles. The Morgan fingerprint density at radius 2 is 1.76 bits per heavy atom. The Hall–Kier alpha value is -3.45. The van der Waals surface area contributed by atoms with Crippen LogP contribution < -0.4 is 16.1 Å². The van der Waals surface area contributed by atoms with Gasteiger partial charge >= 0.3 is 28.3 Å². The molecule has 1 heterocycles. The number of rotatable bonds is 11. The molecule has 3 rings (SSSR count). The molecule has 2 atom stereocenters. The number of nitrogens with two attached hydrogens (primary N) is 1. The Morgan fingerprint density at radius 3 is 2.33 bits per heavy atom. The highest BCUT2D eigenvalue weighted by molar-refractivity contribution is 7.84. The molecular formula is C23H22ClF6N5O6S. The third-order valence-corrected chi connectivity index (χ3v) is 6.40. The topological polar surface area (TPSA) is 159 Å². The van der Waals surface area contributed by atoms with Gasteiger partial charge in [-0.2, -0.15) is 34.8 Å². The van der Waals surface area contributed by atoms with E-state index in [1.54, 1.807) is 0 Å². The first-order chi connectivity index (χ1) is 19.3. The highest BCUT2D eigenvalue weighted by Crippen LogP contribution is 2.31. The first-order valence-electron chi connectivity index (χ1n) is 11.7. The van der Waals surface area contributed by atoms with Crippen molar-refractivity contribution in [2.24, 2.45) is 5.14 Å². The number of nitrogens with zero attached hydrogens (tertiary/aromatic N) is 3. The Labute approximate surface area is 238 Å². The van der Waals surface area contributed by atoms with Crippen molar-refractivity contribution >= 4 is 27.8 Å². The second-order valence-electron chi connectivity index (χ2n) is 8.79. The molecule has 0 fully saturated rings. The number of nitrogens with one attached hydrogen (secondary N) is 1. The summed E-state index contributed by atoms with van der Waals surface area (Å²) in [5, 5.41) is 20.9. The second-order valence-corrected chi connectivity index (χ2v) is 10.4. The van der Waals surface area contributed by atoms with Crippen LogP contribution in [0.2, 0.25) is 5.02 Å². The summed E-state index contributed by atoms with van der Waals surface area (Å²) in [5.74, 6) is -1.37. The lowest BCUT2D eigenvalue weighted by molar-refractivity contribution is -0.207. The van der Waals surface area contributed by atoms with Crippen LogP contribution in [-0.4, -0.2) is 52.7 Å². The third kappa shape index (κ3) is 9.02. The molecule has 1 aromatic heterocycles. The van der Waals surface area contributed by atoms with Crippen molar-refractivity contribution in [1.82, 2.24) is 19.7 Å². The minimum absolute atomic E-state index is 0.107. The van der Waals surface area contributed by atoms with Gasteiger partial charge in [0.1, 0.15) is 6.54 Å². The highest BCUT2D eigenvalue weighted by atomic mass is 35.5. The first kappa shape index (κ1) is 33.1. The molecule has 19 heteroatoms. The Bertz CT molecular complexity index is 1570. The van der Waals surface area contributed by atoms with Gasteiger partial charge in [-0.05, 0) is 48.4 Å². The molecule has 0 aliphatic carbocycles. The lowest BCUT2D eigenvalue weighted by Gasteiger charge is -2.20. The van der Waals surface area contributed by atoms with Gasteiger partial charge in [-0.1, -0.05) is 23.7 Å². The second kappa shape index (κ2) is 12.8. The van der Waals surface area contributed by atoms with Gasteiger partial charge in [0, 0.05) is 10.6 Å². The lowest BCUT2D eigenvalue weighted by Crippen LogP contribution is -2.39. The van der Waals surface area contributed by atoms with E-state index in [4.69, 9.17) is 16.7 Å². The normalized spacial score (nSPS) is 14.0. The maximum atomic E-state index is 13.2. The largest absolute Gasteiger partial charge is 0.416 e. The number of hydrogen-bond acceptors (Lipinski definition) is 7. The maximum Gasteiger partial charge on any atom is 0.416 e. The van der Waals surface area contributed by atoms with Crippen molar-refractivity contribution in [2.75, 3.05) is 6.61 Å². The molecule has 3 aromatic rings. The van der Waals surface area contributed by atoms with Gasteiger partial charge in [0.15, 0.2) is 11.9 Å². The fourth-order valence-electron chi connectivity index (χ4n) is 3.71. The van der Waals surface area contributed by atoms with Crippen molar-refractivity contribution in [3.8, 4) is 11.4 Å². The summed E-state index contributed by atoms with van der Waals surface area (Å²) >= 11 is 5.84. The molecular weight excluding hydrogens is 624 g/mol. The Kier molecular flexibility index (Phi) is 10.1. The molecule has 4 N–H and O–H groups in total. The minimum atomic E-state index is -5.09. The summed E-state index contributed by atoms with van der Waals surface area (Å²) in [6, 6.07) is 7.84. The zero-order chi connectivity index (χ0) is 31.5. The van der Waals surface area contributed by atoms with Crippen molar-refractivity contribution in [2.45, 2.75) is 44.0 Å². The highest BCUT2D eigenvalue weighted by Gasteiger charge is 2.39. The minimum Gasteiger partial charge on any atom is -0.382 e. The van der Waals surface area contributed by atoms with Gasteiger partial charge in [-0.25, -0.2) is 14.6 Å². The van der Waals surface area contributed by atoms with Gasteiger partial charge in [0.2, 0.25) is 5.91 Å². The van der Waals surface area contributed by atoms with E-state index >= 15 is 0 Å². The number of carbonyl (C=O) groups excluding carboxylic acids is 1. The molecule has 1 unspecified atom stereocenters. The zero-order valence-electron chi connectivity index (χ0n) is 21.1. The summed E-state index contributed by atoms with van der Waals surface area (Å²) < 4.78 is 107. The average Bonchev–Trinajstić information content (AvgIpc) is 3.16. The number of alkyl halides is 6. The summed E-state index contributed by atoms with van der Waals surface area (Å²) in [7, 11) is -4.43. The summed E-state index contributed by atoms with van der Waals surface area (Å²) in [6.07, 6.45) is -13.2. The first-order valence-corrected chi connectivity index (χ1v) is 13.5. The van der Waals surface area contributed by atoms with Crippen molar-refractivity contribution in [3.63, 3.8) is 0 Å². The third-order valence-electron chi connectivity index (χ3n) is 5.66. The predicted molar refractivity (Wildman–Crippen MR) is 135 cm³/mol. The molecule has 11 nitrogen and oxygen atoms in total. The molecule has 1 amide bonds. The van der Waals surface area contributed by atoms with E-state index in [1.807, 2.05) is 0 Å². The fraction of sp³-hybridized carbons (Fsp3) is 0.348. The molecule has 0 aliphatic heterocycles. The van der Waals surface area contributed by atoms with Gasteiger partial charge < -0.3 is 10.4 Å². The molecule has 42 heavy (non-hydrogen) atoms. The smallest absolute Gasteiger partial charge is 0.382 e. The van der Waals surface area contributed by atoms with Gasteiger partial charge in [-0.3, -0.25) is 13.5 Å². The Morgan fingerprint density at radius 1 is 1.12 bits per heavy atom. The molecule has 0 bridgehead atoms. The molecule has 2 aromatic carbocycles. The molecule has 0 radical (unpaired) electrons. The van der Waals surface area contributed by atoms with E-state index in [-0.39, 0.29) is 28.4 Å². The summed E-state index contributed by atoms with van der Waals surface area (Å²) in [4.78, 5) is 25.9. The van der Waals surface area contributed by atoms with Crippen molar-refractivity contribution in [1.29, 1.82) is 0 Å². The summed E-state index contributed by atoms with van der Waals surface area (Å²) in [6.45, 7) is -2.83. The quantitative estimate of drug-likeness (QED) is 0.271. The van der Waals surface area contributed by atoms with Crippen LogP contribution in [0.1, 0.15) is 23.6 Å². The fourth-order valence-corrected chi connectivity index (χ4v) is 4.16. The number of aliphatic hydroxyl groups excluding tert-OH is 1. The number of hydrogen-bond donors (Lipinski definition) is 3. The van der Waals surface area contributed by atoms with Crippen LogP contribution >= 0.6 is 11.6 Å². The van der Waals surface area contributed by atoms with Crippen LogP contribution in [0.4, 0.5) is 26.3 Å². The average molecular weight is 646 g/mol. The lowest BCUT2D eigenvalue weighted by atomic mass is 10.0. The monoisotopic (exact) mass is 645 g/mol. The van der Waals surface area contributed by atoms with Gasteiger partial charge in [0.05, 0.1) is 24.8 Å². The zero-order valence-corrected chi connectivity index (χ0v) is 22.6. The van der Waals surface area contributed by atoms with Crippen LogP contribution in [0.25, 0.3) is 11.4 Å². The van der Waals surface area contributed by atoms with E-state index in [2.05, 4.69) is 14.6 Å². The van der Waals surface area contributed by atoms with Crippen LogP contribution in [0.3, 0.4) is 0 Å². The van der Waals surface area contributed by atoms with Gasteiger partial charge in [0.25, 0.3) is 0 Å². The van der Waals surface area contributed by atoms with Crippen molar-refractivity contribution in [3.05, 3.63) is 75.2 Å². The van der Waals surface area contributed by atoms with Crippen molar-refractivity contribution < 1.29 is 48.8 Å². The van der Waals surface area contributed by atoms with Gasteiger partial charge in [-0.15, -0.1) is 5.10 Å². The molecule has 0 saturated heterocycles. The van der Waals surface area contributed by atoms with E-state index in [0.29, 0.717) is 15.3 Å². The maximum absolute atomic E-state index is 13.2. The van der Waals surface area contributed by atoms with Crippen LogP contribution in [-0.2, 0) is 38.5 Å². The van der Waals surface area contributed by atoms with E-state index in [9.17, 15) is 49.5 Å². The summed E-state index contributed by atoms with van der Waals surface area (Å²) in [5.41, 5.74) is -2.28. The van der Waals surface area contributed by atoms with E-state index in [1.165, 1.54) is 30.3 Å². The van der Waals surface area contributed by atoms with E-state index in [0.717, 1.165) is 12.1 Å².